The fourth-order valence-electron chi connectivity index (χ4n) is 1.79. The molecule has 1 N–H and O–H groups in total. The second kappa shape index (κ2) is 9.03. The molecule has 27 heavy (non-hydrogen) atoms. The van der Waals surface area contributed by atoms with Crippen LogP contribution in [0, 0.1) is 0 Å². The van der Waals surface area contributed by atoms with Gasteiger partial charge in [-0.3, -0.25) is 5.32 Å². The number of amides is 1. The van der Waals surface area contributed by atoms with E-state index in [-0.39, 0.29) is 24.1 Å². The van der Waals surface area contributed by atoms with Gasteiger partial charge in [0.1, 0.15) is 0 Å². The third-order valence-corrected chi connectivity index (χ3v) is 4.55. The quantitative estimate of drug-likeness (QED) is 0.435. The van der Waals surface area contributed by atoms with E-state index in [0.29, 0.717) is 15.7 Å². The van der Waals surface area contributed by atoms with E-state index in [2.05, 4.69) is 36.2 Å². The van der Waals surface area contributed by atoms with E-state index in [9.17, 15) is 4.79 Å². The number of ether oxygens (including phenoxy) is 1. The minimum Gasteiger partial charge on any atom is -0.450 e. The van der Waals surface area contributed by atoms with Crippen LogP contribution in [0.15, 0.2) is 22.7 Å². The molecule has 0 bridgehead atoms. The van der Waals surface area contributed by atoms with Crippen molar-refractivity contribution in [3.63, 3.8) is 0 Å². The molecule has 0 unspecified atom stereocenters. The topological polar surface area (TPSA) is 77.0 Å². The van der Waals surface area contributed by atoms with Crippen molar-refractivity contribution in [1.29, 1.82) is 0 Å². The van der Waals surface area contributed by atoms with Gasteiger partial charge in [0, 0.05) is 10.0 Å². The van der Waals surface area contributed by atoms with Crippen molar-refractivity contribution in [2.24, 2.45) is 0 Å². The second-order valence-electron chi connectivity index (χ2n) is 4.84. The predicted octanol–water partition coefficient (Wildman–Crippen LogP) is 6.52. The maximum absolute atomic E-state index is 11.6. The van der Waals surface area contributed by atoms with Crippen molar-refractivity contribution < 1.29 is 9.53 Å². The Morgan fingerprint density at radius 2 is 1.63 bits per heavy atom. The highest BCUT2D eigenvalue weighted by Gasteiger charge is 2.34. The van der Waals surface area contributed by atoms with Crippen LogP contribution in [-0.4, -0.2) is 27.7 Å². The van der Waals surface area contributed by atoms with E-state index >= 15 is 0 Å². The molecule has 0 saturated carbocycles. The van der Waals surface area contributed by atoms with Crippen LogP contribution >= 0.6 is 85.5 Å². The molecule has 13 heteroatoms. The molecule has 2 rings (SSSR count). The summed E-state index contributed by atoms with van der Waals surface area (Å²) in [5.74, 6) is -0.302. The molecular weight excluding hydrogens is 549 g/mol. The molecule has 0 radical (unpaired) electrons. The van der Waals surface area contributed by atoms with E-state index < -0.39 is 13.7 Å². The average Bonchev–Trinajstić information content (AvgIpc) is 2.55. The lowest BCUT2D eigenvalue weighted by Gasteiger charge is -2.16. The van der Waals surface area contributed by atoms with Gasteiger partial charge in [0.25, 0.3) is 0 Å². The molecule has 0 aliphatic heterocycles. The summed E-state index contributed by atoms with van der Waals surface area (Å²) in [4.78, 5) is 23.7. The number of hydrogen-bond acceptors (Lipinski definition) is 5. The van der Waals surface area contributed by atoms with Gasteiger partial charge >= 0.3 is 6.09 Å². The van der Waals surface area contributed by atoms with Gasteiger partial charge in [-0.05, 0) is 41.1 Å². The Morgan fingerprint density at radius 1 is 1.07 bits per heavy atom. The third-order valence-electron chi connectivity index (χ3n) is 2.88. The van der Waals surface area contributed by atoms with Crippen LogP contribution in [0.2, 0.25) is 0 Å². The first-order valence-corrected chi connectivity index (χ1v) is 10.1. The molecule has 6 nitrogen and oxygen atoms in total. The van der Waals surface area contributed by atoms with Crippen LogP contribution in [0.3, 0.4) is 0 Å². The van der Waals surface area contributed by atoms with Gasteiger partial charge in [0.05, 0.1) is 12.3 Å². The van der Waals surface area contributed by atoms with Crippen molar-refractivity contribution in [2.75, 3.05) is 11.9 Å². The van der Waals surface area contributed by atoms with Crippen LogP contribution in [0.25, 0.3) is 11.4 Å². The van der Waals surface area contributed by atoms with E-state index in [0.717, 1.165) is 0 Å². The normalized spacial score (nSPS) is 12.0. The number of nitrogens with one attached hydrogen (secondary N) is 1. The highest BCUT2D eigenvalue weighted by atomic mass is 79.9. The first-order chi connectivity index (χ1) is 12.4. The molecule has 0 aliphatic rings. The van der Waals surface area contributed by atoms with Crippen LogP contribution < -0.4 is 5.32 Å². The summed E-state index contributed by atoms with van der Waals surface area (Å²) >= 11 is 38.5. The van der Waals surface area contributed by atoms with E-state index in [4.69, 9.17) is 74.3 Å². The molecule has 146 valence electrons. The lowest BCUT2D eigenvalue weighted by Crippen LogP contribution is -2.17. The fourth-order valence-corrected chi connectivity index (χ4v) is 2.78. The van der Waals surface area contributed by atoms with Crippen molar-refractivity contribution in [3.05, 3.63) is 34.3 Å². The number of anilines is 1. The van der Waals surface area contributed by atoms with Crippen molar-refractivity contribution in [3.8, 4) is 11.4 Å². The van der Waals surface area contributed by atoms with Crippen LogP contribution in [0.4, 0.5) is 10.5 Å². The average molecular weight is 558 g/mol. The monoisotopic (exact) mass is 554 g/mol. The van der Waals surface area contributed by atoms with Crippen molar-refractivity contribution >= 4 is 97.3 Å². The lowest BCUT2D eigenvalue weighted by atomic mass is 10.2. The molecule has 0 aliphatic carbocycles. The Hall–Kier alpha value is -0.280. The molecule has 0 atom stereocenters. The molecule has 0 fully saturated rings. The molecule has 0 spiro atoms. The molecule has 1 aromatic heterocycles. The number of nitrogens with zero attached hydrogens (tertiary/aromatic N) is 3. The summed E-state index contributed by atoms with van der Waals surface area (Å²) in [6.45, 7) is 1.94. The van der Waals surface area contributed by atoms with Gasteiger partial charge in [-0.15, -0.1) is 0 Å². The highest BCUT2D eigenvalue weighted by Crippen LogP contribution is 2.41. The van der Waals surface area contributed by atoms with Gasteiger partial charge in [0.15, 0.2) is 17.5 Å². The number of hydrogen-bond donors (Lipinski definition) is 1. The minimum atomic E-state index is -1.95. The second-order valence-corrected chi connectivity index (χ2v) is 10.3. The van der Waals surface area contributed by atoms with Crippen LogP contribution in [0.5, 0.6) is 0 Å². The maximum Gasteiger partial charge on any atom is 0.411 e. The number of alkyl halides is 6. The number of carbonyl (C=O) groups excluding carboxylic acids is 1. The Kier molecular flexibility index (Phi) is 7.69. The number of benzene rings is 1. The van der Waals surface area contributed by atoms with Gasteiger partial charge in [-0.2, -0.15) is 0 Å². The van der Waals surface area contributed by atoms with Gasteiger partial charge in [-0.25, -0.2) is 19.7 Å². The SMILES string of the molecule is CCOC(=O)Nc1ccc(-c2nc(C(Cl)(Cl)Cl)nc(C(Cl)(Cl)Cl)n2)cc1Br. The van der Waals surface area contributed by atoms with Gasteiger partial charge in [-0.1, -0.05) is 69.6 Å². The third kappa shape index (κ3) is 6.35. The lowest BCUT2D eigenvalue weighted by molar-refractivity contribution is 0.168. The Morgan fingerprint density at radius 3 is 2.07 bits per heavy atom. The highest BCUT2D eigenvalue weighted by molar-refractivity contribution is 9.10. The number of halogens is 7. The standard InChI is InChI=1S/C14H9BrCl6N4O2/c1-2-27-12(26)22-8-4-3-6(5-7(8)15)9-23-10(13(16,17)18)25-11(24-9)14(19,20)21/h3-5H,2H2,1H3,(H,22,26). The molecular formula is C14H9BrCl6N4O2. The summed E-state index contributed by atoms with van der Waals surface area (Å²) in [7, 11) is 0. The Balaban J connectivity index is 2.48. The molecule has 1 amide bonds. The number of rotatable bonds is 3. The number of carbonyl (C=O) groups is 1. The zero-order valence-corrected chi connectivity index (χ0v) is 19.4. The smallest absolute Gasteiger partial charge is 0.411 e. The van der Waals surface area contributed by atoms with E-state index in [1.54, 1.807) is 25.1 Å². The van der Waals surface area contributed by atoms with Gasteiger partial charge in [0.2, 0.25) is 7.59 Å². The van der Waals surface area contributed by atoms with Crippen LogP contribution in [0.1, 0.15) is 18.6 Å². The Bertz CT molecular complexity index is 824. The summed E-state index contributed by atoms with van der Waals surface area (Å²) in [6, 6.07) is 4.84. The zero-order valence-electron chi connectivity index (χ0n) is 13.2. The number of aromatic nitrogens is 3. The molecule has 0 saturated heterocycles. The van der Waals surface area contributed by atoms with Crippen LogP contribution in [-0.2, 0) is 12.3 Å². The Labute approximate surface area is 192 Å². The fraction of sp³-hybridized carbons (Fsp3) is 0.286. The van der Waals surface area contributed by atoms with Gasteiger partial charge < -0.3 is 4.74 Å². The summed E-state index contributed by atoms with van der Waals surface area (Å²) in [5.41, 5.74) is 0.958. The van der Waals surface area contributed by atoms with E-state index in [1.807, 2.05) is 0 Å². The first-order valence-electron chi connectivity index (χ1n) is 7.06. The maximum atomic E-state index is 11.6. The summed E-state index contributed by atoms with van der Waals surface area (Å²) in [6.07, 6.45) is -0.594. The van der Waals surface area contributed by atoms with Crippen molar-refractivity contribution in [2.45, 2.75) is 14.5 Å². The molecule has 1 heterocycles. The molecule has 1 aromatic carbocycles. The summed E-state index contributed by atoms with van der Waals surface area (Å²) < 4.78 is 1.45. The summed E-state index contributed by atoms with van der Waals surface area (Å²) in [5, 5.41) is 2.57. The minimum absolute atomic E-state index is 0.107. The molecule has 2 aromatic rings. The predicted molar refractivity (Wildman–Crippen MR) is 112 cm³/mol. The first kappa shape index (κ1) is 23.0. The zero-order chi connectivity index (χ0) is 20.4. The van der Waals surface area contributed by atoms with Crippen molar-refractivity contribution in [1.82, 2.24) is 15.0 Å². The van der Waals surface area contributed by atoms with E-state index in [1.165, 1.54) is 0 Å². The largest absolute Gasteiger partial charge is 0.450 e.